The van der Waals surface area contributed by atoms with Gasteiger partial charge in [-0.1, -0.05) is 381 Å². The van der Waals surface area contributed by atoms with E-state index in [1.807, 2.05) is 0 Å². The maximum absolute atomic E-state index is 13.1. The summed E-state index contributed by atoms with van der Waals surface area (Å²) in [6.07, 6.45) is 65.1. The molecule has 0 rings (SSSR count). The molecule has 0 amide bonds. The van der Waals surface area contributed by atoms with Crippen molar-refractivity contribution in [1.29, 1.82) is 0 Å². The lowest BCUT2D eigenvalue weighted by Gasteiger charge is -2.21. The Balaban J connectivity index is 5.24. The van der Waals surface area contributed by atoms with E-state index in [2.05, 4.69) is 34.6 Å². The molecule has 0 aliphatic rings. The van der Waals surface area contributed by atoms with E-state index < -0.39 is 97.5 Å². The second-order valence-corrected chi connectivity index (χ2v) is 32.5. The number of unbranched alkanes of at least 4 members (excludes halogenated alkanes) is 53. The fourth-order valence-electron chi connectivity index (χ4n) is 12.6. The minimum atomic E-state index is -4.96. The second-order valence-electron chi connectivity index (χ2n) is 29.6. The molecule has 5 atom stereocenters. The van der Waals surface area contributed by atoms with Gasteiger partial charge in [-0.3, -0.25) is 37.3 Å². The van der Waals surface area contributed by atoms with Crippen LogP contribution in [-0.2, 0) is 65.4 Å². The number of phosphoric ester groups is 2. The van der Waals surface area contributed by atoms with Gasteiger partial charge in [0.15, 0.2) is 12.2 Å². The van der Waals surface area contributed by atoms with Crippen molar-refractivity contribution in [3.63, 3.8) is 0 Å². The predicted octanol–water partition coefficient (Wildman–Crippen LogP) is 24.4. The molecular formula is C81H158O17P2. The number of phosphoric acid groups is 2. The van der Waals surface area contributed by atoms with E-state index in [-0.39, 0.29) is 25.7 Å². The van der Waals surface area contributed by atoms with E-state index in [0.717, 1.165) is 95.8 Å². The number of carbonyl (C=O) groups excluding carboxylic acids is 4. The van der Waals surface area contributed by atoms with Gasteiger partial charge < -0.3 is 33.8 Å². The van der Waals surface area contributed by atoms with Crippen molar-refractivity contribution >= 4 is 39.5 Å². The second kappa shape index (κ2) is 73.9. The van der Waals surface area contributed by atoms with Crippen LogP contribution < -0.4 is 0 Å². The highest BCUT2D eigenvalue weighted by molar-refractivity contribution is 7.47. The highest BCUT2D eigenvalue weighted by Gasteiger charge is 2.30. The number of aliphatic hydroxyl groups excluding tert-OH is 1. The Kier molecular flexibility index (Phi) is 72.5. The van der Waals surface area contributed by atoms with Crippen LogP contribution in [0.1, 0.15) is 433 Å². The van der Waals surface area contributed by atoms with Gasteiger partial charge in [0.1, 0.15) is 19.3 Å². The Hall–Kier alpha value is -1.94. The van der Waals surface area contributed by atoms with Crippen molar-refractivity contribution in [3.8, 4) is 0 Å². The molecule has 17 nitrogen and oxygen atoms in total. The molecular weight excluding hydrogens is 1310 g/mol. The highest BCUT2D eigenvalue weighted by atomic mass is 31.2. The molecule has 0 aliphatic carbocycles. The lowest BCUT2D eigenvalue weighted by molar-refractivity contribution is -0.161. The number of esters is 4. The maximum atomic E-state index is 13.1. The summed E-state index contributed by atoms with van der Waals surface area (Å²) in [5.74, 6) is -1.30. The maximum Gasteiger partial charge on any atom is 0.472 e. The van der Waals surface area contributed by atoms with Gasteiger partial charge in [-0.25, -0.2) is 9.13 Å². The molecule has 19 heteroatoms. The fraction of sp³-hybridized carbons (Fsp3) is 0.951. The first kappa shape index (κ1) is 98.1. The van der Waals surface area contributed by atoms with Gasteiger partial charge in [0.2, 0.25) is 0 Å². The zero-order valence-corrected chi connectivity index (χ0v) is 67.1. The van der Waals surface area contributed by atoms with Gasteiger partial charge in [-0.05, 0) is 31.6 Å². The first-order chi connectivity index (χ1) is 48.5. The van der Waals surface area contributed by atoms with Gasteiger partial charge >= 0.3 is 39.5 Å². The molecule has 0 aromatic carbocycles. The van der Waals surface area contributed by atoms with Gasteiger partial charge in [0.25, 0.3) is 0 Å². The van der Waals surface area contributed by atoms with E-state index in [1.54, 1.807) is 0 Å². The Morgan fingerprint density at radius 2 is 0.460 bits per heavy atom. The third-order valence-electron chi connectivity index (χ3n) is 19.0. The Morgan fingerprint density at radius 1 is 0.270 bits per heavy atom. The predicted molar refractivity (Wildman–Crippen MR) is 409 cm³/mol. The van der Waals surface area contributed by atoms with Crippen LogP contribution in [0, 0.1) is 5.92 Å². The van der Waals surface area contributed by atoms with Crippen LogP contribution >= 0.6 is 15.6 Å². The normalized spacial score (nSPS) is 13.8. The van der Waals surface area contributed by atoms with Gasteiger partial charge in [-0.15, -0.1) is 0 Å². The molecule has 0 aromatic rings. The van der Waals surface area contributed by atoms with Crippen LogP contribution in [0.3, 0.4) is 0 Å². The van der Waals surface area contributed by atoms with Crippen molar-refractivity contribution in [3.05, 3.63) is 0 Å². The monoisotopic (exact) mass is 1470 g/mol. The Morgan fingerprint density at radius 3 is 0.680 bits per heavy atom. The summed E-state index contributed by atoms with van der Waals surface area (Å²) >= 11 is 0. The molecule has 0 aromatic heterocycles. The number of aliphatic hydroxyl groups is 1. The zero-order valence-electron chi connectivity index (χ0n) is 65.3. The SMILES string of the molecule is CCCCCCCCCCCCCCCCCCCCCC(=O)O[C@H](COC(=O)CCCCCCCCCCCCCCCCC(C)C)COP(=O)(O)OC[C@@H](O)COP(=O)(O)OC[C@@H](COC(=O)CCCCCCCCCCCCCC)OC(=O)CCCCCCCCCCCCCC. The van der Waals surface area contributed by atoms with Crippen LogP contribution in [0.2, 0.25) is 0 Å². The quantitative estimate of drug-likeness (QED) is 0.0222. The van der Waals surface area contributed by atoms with Crippen LogP contribution in [-0.4, -0.2) is 96.7 Å². The third-order valence-corrected chi connectivity index (χ3v) is 20.9. The third kappa shape index (κ3) is 74.3. The molecule has 0 heterocycles. The van der Waals surface area contributed by atoms with E-state index in [1.165, 1.54) is 257 Å². The highest BCUT2D eigenvalue weighted by Crippen LogP contribution is 2.45. The number of hydrogen-bond donors (Lipinski definition) is 3. The molecule has 0 aliphatic heterocycles. The van der Waals surface area contributed by atoms with Crippen LogP contribution in [0.25, 0.3) is 0 Å². The molecule has 2 unspecified atom stereocenters. The van der Waals surface area contributed by atoms with Crippen molar-refractivity contribution in [1.82, 2.24) is 0 Å². The summed E-state index contributed by atoms with van der Waals surface area (Å²) in [7, 11) is -9.92. The molecule has 0 saturated carbocycles. The Bertz CT molecular complexity index is 1910. The minimum Gasteiger partial charge on any atom is -0.462 e. The number of rotatable bonds is 81. The molecule has 0 fully saturated rings. The largest absolute Gasteiger partial charge is 0.472 e. The molecule has 0 spiro atoms. The summed E-state index contributed by atoms with van der Waals surface area (Å²) in [6.45, 7) is 7.36. The standard InChI is InChI=1S/C81H158O17P2/c1-6-9-12-15-18-21-24-27-28-29-30-31-32-37-42-47-52-57-62-67-81(86)98-77(71-92-79(84)65-60-55-50-45-41-36-34-33-35-38-43-48-53-58-63-74(4)5)73-96-100(89,90)94-69-75(82)68-93-99(87,88)95-72-76(97-80(85)66-61-56-51-46-40-26-23-20-17-14-11-8-3)70-91-78(83)64-59-54-49-44-39-25-22-19-16-13-10-7-2/h74-77,82H,6-73H2,1-5H3,(H,87,88)(H,89,90)/t75-,76+,77+/m0/s1. The first-order valence-electron chi connectivity index (χ1n) is 42.1. The van der Waals surface area contributed by atoms with E-state index in [0.29, 0.717) is 25.7 Å². The van der Waals surface area contributed by atoms with Crippen LogP contribution in [0.4, 0.5) is 0 Å². The van der Waals surface area contributed by atoms with Crippen LogP contribution in [0.15, 0.2) is 0 Å². The smallest absolute Gasteiger partial charge is 0.462 e. The molecule has 0 saturated heterocycles. The summed E-state index contributed by atoms with van der Waals surface area (Å²) in [5, 5.41) is 10.6. The molecule has 0 radical (unpaired) electrons. The summed E-state index contributed by atoms with van der Waals surface area (Å²) in [5.41, 5.74) is 0. The fourth-order valence-corrected chi connectivity index (χ4v) is 14.2. The topological polar surface area (TPSA) is 237 Å². The van der Waals surface area contributed by atoms with Gasteiger partial charge in [-0.2, -0.15) is 0 Å². The van der Waals surface area contributed by atoms with Crippen molar-refractivity contribution in [2.45, 2.75) is 451 Å². The lowest BCUT2D eigenvalue weighted by atomic mass is 10.0. The van der Waals surface area contributed by atoms with Crippen molar-refractivity contribution < 1.29 is 80.2 Å². The molecule has 3 N–H and O–H groups in total. The first-order valence-corrected chi connectivity index (χ1v) is 45.1. The van der Waals surface area contributed by atoms with Crippen LogP contribution in [0.5, 0.6) is 0 Å². The molecule has 594 valence electrons. The van der Waals surface area contributed by atoms with Gasteiger partial charge in [0.05, 0.1) is 26.4 Å². The van der Waals surface area contributed by atoms with E-state index in [4.69, 9.17) is 37.0 Å². The zero-order chi connectivity index (χ0) is 73.4. The summed E-state index contributed by atoms with van der Waals surface area (Å²) in [4.78, 5) is 73.0. The number of carbonyl (C=O) groups is 4. The summed E-state index contributed by atoms with van der Waals surface area (Å²) < 4.78 is 68.7. The van der Waals surface area contributed by atoms with Crippen molar-refractivity contribution in [2.24, 2.45) is 5.92 Å². The average molecular weight is 1470 g/mol. The number of hydrogen-bond acceptors (Lipinski definition) is 15. The van der Waals surface area contributed by atoms with E-state index >= 15 is 0 Å². The number of ether oxygens (including phenoxy) is 4. The Labute approximate surface area is 613 Å². The lowest BCUT2D eigenvalue weighted by Crippen LogP contribution is -2.30. The van der Waals surface area contributed by atoms with Gasteiger partial charge in [0, 0.05) is 25.7 Å². The average Bonchev–Trinajstić information content (AvgIpc) is 0.959. The summed E-state index contributed by atoms with van der Waals surface area (Å²) in [6, 6.07) is 0. The molecule has 100 heavy (non-hydrogen) atoms. The van der Waals surface area contributed by atoms with E-state index in [9.17, 15) is 43.2 Å². The van der Waals surface area contributed by atoms with Crippen molar-refractivity contribution in [2.75, 3.05) is 39.6 Å². The minimum absolute atomic E-state index is 0.108. The molecule has 0 bridgehead atoms.